The molecule has 2 nitrogen and oxygen atoms in total. The Hall–Kier alpha value is -1.96. The first-order valence-corrected chi connectivity index (χ1v) is 8.61. The van der Waals surface area contributed by atoms with E-state index < -0.39 is 0 Å². The number of phenols is 2. The Labute approximate surface area is 138 Å². The molecule has 2 aromatic carbocycles. The van der Waals surface area contributed by atoms with Gasteiger partial charge in [0.2, 0.25) is 0 Å². The van der Waals surface area contributed by atoms with Gasteiger partial charge in [0.25, 0.3) is 0 Å². The molecule has 23 heavy (non-hydrogen) atoms. The zero-order valence-corrected chi connectivity index (χ0v) is 14.0. The van der Waals surface area contributed by atoms with Crippen molar-refractivity contribution in [2.45, 2.75) is 57.3 Å². The Morgan fingerprint density at radius 1 is 0.826 bits per heavy atom. The van der Waals surface area contributed by atoms with Crippen LogP contribution in [0, 0.1) is 0 Å². The quantitative estimate of drug-likeness (QED) is 0.789. The highest BCUT2D eigenvalue weighted by Crippen LogP contribution is 2.40. The van der Waals surface area contributed by atoms with Gasteiger partial charge in [0.05, 0.1) is 0 Å². The first kappa shape index (κ1) is 15.9. The summed E-state index contributed by atoms with van der Waals surface area (Å²) in [7, 11) is 0. The monoisotopic (exact) mass is 310 g/mol. The van der Waals surface area contributed by atoms with E-state index in [0.717, 1.165) is 11.1 Å². The van der Waals surface area contributed by atoms with Gasteiger partial charge in [-0.25, -0.2) is 0 Å². The highest BCUT2D eigenvalue weighted by atomic mass is 16.3. The summed E-state index contributed by atoms with van der Waals surface area (Å²) in [4.78, 5) is 0. The molecule has 1 aliphatic carbocycles. The number of benzene rings is 2. The van der Waals surface area contributed by atoms with Crippen LogP contribution >= 0.6 is 0 Å². The second-order valence-electron chi connectivity index (χ2n) is 7.28. The third kappa shape index (κ3) is 3.21. The Kier molecular flexibility index (Phi) is 4.34. The van der Waals surface area contributed by atoms with Crippen molar-refractivity contribution in [1.29, 1.82) is 0 Å². The number of aromatic hydroxyl groups is 2. The van der Waals surface area contributed by atoms with E-state index in [2.05, 4.69) is 19.9 Å². The second kappa shape index (κ2) is 6.27. The van der Waals surface area contributed by atoms with Crippen LogP contribution in [0.1, 0.15) is 68.6 Å². The third-order valence-electron chi connectivity index (χ3n) is 5.38. The normalized spacial score (nSPS) is 16.4. The summed E-state index contributed by atoms with van der Waals surface area (Å²) in [6.45, 7) is 4.38. The molecule has 2 heteroatoms. The summed E-state index contributed by atoms with van der Waals surface area (Å²) < 4.78 is 0. The van der Waals surface area contributed by atoms with Crippen molar-refractivity contribution >= 4 is 0 Å². The zero-order valence-electron chi connectivity index (χ0n) is 14.0. The van der Waals surface area contributed by atoms with Crippen LogP contribution in [0.15, 0.2) is 42.5 Å². The van der Waals surface area contributed by atoms with Crippen LogP contribution < -0.4 is 0 Å². The van der Waals surface area contributed by atoms with Crippen LogP contribution in [0.5, 0.6) is 11.5 Å². The Balaban J connectivity index is 1.97. The molecule has 122 valence electrons. The predicted octanol–water partition coefficient (Wildman–Crippen LogP) is 5.47. The molecule has 0 radical (unpaired) electrons. The van der Waals surface area contributed by atoms with Gasteiger partial charge in [-0.1, -0.05) is 57.4 Å². The van der Waals surface area contributed by atoms with Crippen LogP contribution in [0.25, 0.3) is 0 Å². The molecule has 2 N–H and O–H groups in total. The molecular formula is C21H26O2. The lowest BCUT2D eigenvalue weighted by molar-refractivity contribution is 0.413. The fourth-order valence-electron chi connectivity index (χ4n) is 3.73. The molecule has 3 rings (SSSR count). The third-order valence-corrected chi connectivity index (χ3v) is 5.38. The average molecular weight is 310 g/mol. The molecule has 1 aliphatic rings. The molecule has 0 aliphatic heterocycles. The number of hydrogen-bond donors (Lipinski definition) is 2. The van der Waals surface area contributed by atoms with Gasteiger partial charge in [0.15, 0.2) is 0 Å². The Morgan fingerprint density at radius 3 is 2.09 bits per heavy atom. The van der Waals surface area contributed by atoms with Gasteiger partial charge in [0, 0.05) is 5.41 Å². The molecule has 0 aromatic heterocycles. The molecule has 1 saturated carbocycles. The predicted molar refractivity (Wildman–Crippen MR) is 94.2 cm³/mol. The SMILES string of the molecule is CC(C)(c1ccc(O)cc1)c1ccc(O)c(C2CCCCC2)c1. The smallest absolute Gasteiger partial charge is 0.119 e. The minimum Gasteiger partial charge on any atom is -0.508 e. The molecule has 0 bridgehead atoms. The fourth-order valence-corrected chi connectivity index (χ4v) is 3.73. The molecule has 0 unspecified atom stereocenters. The summed E-state index contributed by atoms with van der Waals surface area (Å²) in [5.74, 6) is 1.21. The van der Waals surface area contributed by atoms with Crippen molar-refractivity contribution < 1.29 is 10.2 Å². The topological polar surface area (TPSA) is 40.5 Å². The van der Waals surface area contributed by atoms with E-state index >= 15 is 0 Å². The van der Waals surface area contributed by atoms with Crippen LogP contribution in [0.4, 0.5) is 0 Å². The van der Waals surface area contributed by atoms with Gasteiger partial charge in [0.1, 0.15) is 11.5 Å². The van der Waals surface area contributed by atoms with Crippen LogP contribution in [0.2, 0.25) is 0 Å². The van der Waals surface area contributed by atoms with E-state index in [4.69, 9.17) is 0 Å². The number of hydrogen-bond acceptors (Lipinski definition) is 2. The summed E-state index contributed by atoms with van der Waals surface area (Å²) in [5.41, 5.74) is 3.32. The van der Waals surface area contributed by atoms with Crippen molar-refractivity contribution in [1.82, 2.24) is 0 Å². The molecule has 0 saturated heterocycles. The maximum Gasteiger partial charge on any atom is 0.119 e. The van der Waals surface area contributed by atoms with Gasteiger partial charge >= 0.3 is 0 Å². The van der Waals surface area contributed by atoms with Crippen LogP contribution in [0.3, 0.4) is 0 Å². The van der Waals surface area contributed by atoms with Crippen molar-refractivity contribution in [2.24, 2.45) is 0 Å². The summed E-state index contributed by atoms with van der Waals surface area (Å²) in [5, 5.41) is 19.8. The molecule has 1 fully saturated rings. The van der Waals surface area contributed by atoms with Gasteiger partial charge in [-0.15, -0.1) is 0 Å². The first-order chi connectivity index (χ1) is 11.0. The lowest BCUT2D eigenvalue weighted by atomic mass is 9.75. The van der Waals surface area contributed by atoms with Gasteiger partial charge in [-0.05, 0) is 53.6 Å². The molecule has 2 aromatic rings. The van der Waals surface area contributed by atoms with Gasteiger partial charge < -0.3 is 10.2 Å². The minimum atomic E-state index is -0.162. The average Bonchev–Trinajstić information content (AvgIpc) is 2.56. The molecule has 0 amide bonds. The molecular weight excluding hydrogens is 284 g/mol. The van der Waals surface area contributed by atoms with Crippen molar-refractivity contribution in [2.75, 3.05) is 0 Å². The van der Waals surface area contributed by atoms with Gasteiger partial charge in [-0.3, -0.25) is 0 Å². The van der Waals surface area contributed by atoms with E-state index in [1.807, 2.05) is 24.3 Å². The second-order valence-corrected chi connectivity index (χ2v) is 7.28. The maximum absolute atomic E-state index is 10.3. The minimum absolute atomic E-state index is 0.162. The lowest BCUT2D eigenvalue weighted by Gasteiger charge is -2.29. The van der Waals surface area contributed by atoms with E-state index in [0.29, 0.717) is 11.7 Å². The number of phenolic OH excluding ortho intramolecular Hbond substituents is 2. The van der Waals surface area contributed by atoms with E-state index in [1.165, 1.54) is 37.7 Å². The molecule has 0 heterocycles. The number of rotatable bonds is 3. The Bertz CT molecular complexity index is 665. The lowest BCUT2D eigenvalue weighted by Crippen LogP contribution is -2.19. The van der Waals surface area contributed by atoms with Crippen LogP contribution in [-0.2, 0) is 5.41 Å². The van der Waals surface area contributed by atoms with Crippen molar-refractivity contribution in [3.63, 3.8) is 0 Å². The Morgan fingerprint density at radius 2 is 1.43 bits per heavy atom. The van der Waals surface area contributed by atoms with E-state index in [1.54, 1.807) is 12.1 Å². The van der Waals surface area contributed by atoms with Crippen molar-refractivity contribution in [3.8, 4) is 11.5 Å². The largest absolute Gasteiger partial charge is 0.508 e. The standard InChI is InChI=1S/C21H26O2/c1-21(2,16-8-11-18(22)12-9-16)17-10-13-20(23)19(14-17)15-6-4-3-5-7-15/h8-15,22-23H,3-7H2,1-2H3. The summed E-state index contributed by atoms with van der Waals surface area (Å²) in [6, 6.07) is 13.5. The maximum atomic E-state index is 10.3. The van der Waals surface area contributed by atoms with E-state index in [-0.39, 0.29) is 11.2 Å². The highest BCUT2D eigenvalue weighted by molar-refractivity contribution is 5.46. The fraction of sp³-hybridized carbons (Fsp3) is 0.429. The molecule has 0 atom stereocenters. The first-order valence-electron chi connectivity index (χ1n) is 8.61. The van der Waals surface area contributed by atoms with Crippen molar-refractivity contribution in [3.05, 3.63) is 59.2 Å². The zero-order chi connectivity index (χ0) is 16.4. The highest BCUT2D eigenvalue weighted by Gasteiger charge is 2.26. The molecule has 0 spiro atoms. The summed E-state index contributed by atoms with van der Waals surface area (Å²) >= 11 is 0. The van der Waals surface area contributed by atoms with E-state index in [9.17, 15) is 10.2 Å². The summed E-state index contributed by atoms with van der Waals surface area (Å²) in [6.07, 6.45) is 6.19. The van der Waals surface area contributed by atoms with Crippen LogP contribution in [-0.4, -0.2) is 10.2 Å². The van der Waals surface area contributed by atoms with Gasteiger partial charge in [-0.2, -0.15) is 0 Å².